The summed E-state index contributed by atoms with van der Waals surface area (Å²) in [7, 11) is 0. The maximum atomic E-state index is 12.2. The first kappa shape index (κ1) is 20.0. The average molecular weight is 351 g/mol. The fourth-order valence-corrected chi connectivity index (χ4v) is 2.21. The highest BCUT2D eigenvalue weighted by Crippen LogP contribution is 2.08. The maximum absolute atomic E-state index is 12.2. The van der Waals surface area contributed by atoms with Gasteiger partial charge in [0.1, 0.15) is 11.6 Å². The van der Waals surface area contributed by atoms with Crippen molar-refractivity contribution >= 4 is 30.0 Å². The van der Waals surface area contributed by atoms with Crippen molar-refractivity contribution in [1.82, 2.24) is 10.7 Å². The molecule has 1 atom stereocenters. The number of nitrogens with one attached hydrogen (secondary N) is 2. The molecular weight excluding hydrogens is 326 g/mol. The van der Waals surface area contributed by atoms with E-state index in [0.29, 0.717) is 6.42 Å². The second-order valence-corrected chi connectivity index (χ2v) is 7.11. The number of nitrogens with zero attached hydrogens (tertiary/aromatic N) is 1. The molecule has 0 radical (unpaired) electrons. The number of benzene rings is 1. The Hall–Kier alpha value is -2.02. The topological polar surface area (TPSA) is 79.8 Å². The summed E-state index contributed by atoms with van der Waals surface area (Å²) in [5.41, 5.74) is 2.72. The monoisotopic (exact) mass is 351 g/mol. The second kappa shape index (κ2) is 9.97. The van der Waals surface area contributed by atoms with Crippen LogP contribution in [0.3, 0.4) is 0 Å². The number of alkyl carbamates (subject to hydrolysis) is 1. The van der Waals surface area contributed by atoms with Gasteiger partial charge in [-0.05, 0) is 44.8 Å². The summed E-state index contributed by atoms with van der Waals surface area (Å²) in [6, 6.07) is 8.72. The molecule has 132 valence electrons. The van der Waals surface area contributed by atoms with Crippen LogP contribution in [0.2, 0.25) is 0 Å². The third-order valence-electron chi connectivity index (χ3n) is 2.81. The van der Waals surface area contributed by atoms with Gasteiger partial charge in [0, 0.05) is 0 Å². The van der Waals surface area contributed by atoms with Crippen molar-refractivity contribution < 1.29 is 14.3 Å². The zero-order valence-corrected chi connectivity index (χ0v) is 15.4. The minimum atomic E-state index is -0.694. The average Bonchev–Trinajstić information content (AvgIpc) is 2.50. The molecule has 0 aliphatic heterocycles. The Bertz CT molecular complexity index is 556. The van der Waals surface area contributed by atoms with E-state index in [1.807, 2.05) is 36.6 Å². The Morgan fingerprint density at radius 1 is 1.29 bits per heavy atom. The molecule has 2 amide bonds. The number of thioether (sulfide) groups is 1. The quantitative estimate of drug-likeness (QED) is 0.585. The summed E-state index contributed by atoms with van der Waals surface area (Å²) in [4.78, 5) is 24.1. The smallest absolute Gasteiger partial charge is 0.408 e. The molecule has 0 fully saturated rings. The van der Waals surface area contributed by atoms with E-state index in [4.69, 9.17) is 4.74 Å². The second-order valence-electron chi connectivity index (χ2n) is 6.13. The van der Waals surface area contributed by atoms with Crippen LogP contribution in [0.5, 0.6) is 0 Å². The fraction of sp³-hybridized carbons (Fsp3) is 0.471. The van der Waals surface area contributed by atoms with Crippen molar-refractivity contribution in [3.8, 4) is 0 Å². The van der Waals surface area contributed by atoms with E-state index in [2.05, 4.69) is 15.8 Å². The highest BCUT2D eigenvalue weighted by atomic mass is 32.2. The van der Waals surface area contributed by atoms with Crippen LogP contribution >= 0.6 is 11.8 Å². The zero-order chi connectivity index (χ0) is 18.0. The van der Waals surface area contributed by atoms with Gasteiger partial charge in [-0.2, -0.15) is 16.9 Å². The Morgan fingerprint density at radius 3 is 2.54 bits per heavy atom. The zero-order valence-electron chi connectivity index (χ0n) is 14.5. The molecule has 1 rings (SSSR count). The molecule has 0 aliphatic carbocycles. The molecule has 0 saturated heterocycles. The van der Waals surface area contributed by atoms with Crippen molar-refractivity contribution in [1.29, 1.82) is 0 Å². The number of carbonyl (C=O) groups excluding carboxylic acids is 2. The largest absolute Gasteiger partial charge is 0.444 e. The summed E-state index contributed by atoms with van der Waals surface area (Å²) in [6.45, 7) is 5.31. The summed E-state index contributed by atoms with van der Waals surface area (Å²) < 4.78 is 5.20. The van der Waals surface area contributed by atoms with Crippen LogP contribution < -0.4 is 10.7 Å². The molecule has 0 aliphatic rings. The van der Waals surface area contributed by atoms with E-state index in [-0.39, 0.29) is 5.91 Å². The van der Waals surface area contributed by atoms with Gasteiger partial charge in [-0.3, -0.25) is 4.79 Å². The van der Waals surface area contributed by atoms with Crippen LogP contribution in [-0.2, 0) is 9.53 Å². The lowest BCUT2D eigenvalue weighted by Crippen LogP contribution is -2.47. The first-order valence-corrected chi connectivity index (χ1v) is 9.07. The standard InChI is InChI=1S/C17H25N3O3S/c1-17(2,3)23-16(22)19-14(10-11-24-4)15(21)20-18-12-13-8-6-5-7-9-13/h5-9,12,14H,10-11H2,1-4H3,(H,19,22)(H,20,21)/b18-12+. The first-order valence-electron chi connectivity index (χ1n) is 7.68. The minimum absolute atomic E-state index is 0.373. The van der Waals surface area contributed by atoms with Crippen molar-refractivity contribution in [3.05, 3.63) is 35.9 Å². The van der Waals surface area contributed by atoms with E-state index >= 15 is 0 Å². The van der Waals surface area contributed by atoms with Crippen molar-refractivity contribution in [2.24, 2.45) is 5.10 Å². The van der Waals surface area contributed by atoms with Gasteiger partial charge in [-0.15, -0.1) is 0 Å². The highest BCUT2D eigenvalue weighted by molar-refractivity contribution is 7.98. The summed E-state index contributed by atoms with van der Waals surface area (Å²) >= 11 is 1.60. The fourth-order valence-electron chi connectivity index (χ4n) is 1.74. The number of carbonyl (C=O) groups is 2. The lowest BCUT2D eigenvalue weighted by atomic mass is 10.2. The molecule has 7 heteroatoms. The van der Waals surface area contributed by atoms with Crippen LogP contribution in [0, 0.1) is 0 Å². The Kier molecular flexibility index (Phi) is 8.32. The van der Waals surface area contributed by atoms with Crippen LogP contribution in [0.25, 0.3) is 0 Å². The lowest BCUT2D eigenvalue weighted by molar-refractivity contribution is -0.123. The predicted molar refractivity (Wildman–Crippen MR) is 98.3 cm³/mol. The molecule has 1 aromatic carbocycles. The van der Waals surface area contributed by atoms with Crippen LogP contribution in [0.1, 0.15) is 32.8 Å². The molecule has 0 aromatic heterocycles. The van der Waals surface area contributed by atoms with Gasteiger partial charge in [0.05, 0.1) is 6.21 Å². The lowest BCUT2D eigenvalue weighted by Gasteiger charge is -2.22. The Morgan fingerprint density at radius 2 is 1.96 bits per heavy atom. The molecule has 24 heavy (non-hydrogen) atoms. The number of rotatable bonds is 7. The molecule has 0 heterocycles. The first-order chi connectivity index (χ1) is 11.3. The molecular formula is C17H25N3O3S. The molecule has 0 saturated carbocycles. The maximum Gasteiger partial charge on any atom is 0.408 e. The van der Waals surface area contributed by atoms with Crippen LogP contribution in [0.4, 0.5) is 4.79 Å². The number of hydrazone groups is 1. The third-order valence-corrected chi connectivity index (χ3v) is 3.45. The van der Waals surface area contributed by atoms with E-state index < -0.39 is 17.7 Å². The van der Waals surface area contributed by atoms with Gasteiger partial charge in [-0.1, -0.05) is 30.3 Å². The molecule has 1 aromatic rings. The van der Waals surface area contributed by atoms with Crippen molar-refractivity contribution in [2.75, 3.05) is 12.0 Å². The third kappa shape index (κ3) is 8.57. The SMILES string of the molecule is CSCCC(NC(=O)OC(C)(C)C)C(=O)N/N=C/c1ccccc1. The van der Waals surface area contributed by atoms with E-state index in [0.717, 1.165) is 11.3 Å². The van der Waals surface area contributed by atoms with Crippen molar-refractivity contribution in [2.45, 2.75) is 38.8 Å². The van der Waals surface area contributed by atoms with Crippen molar-refractivity contribution in [3.63, 3.8) is 0 Å². The molecule has 0 spiro atoms. The summed E-state index contributed by atoms with van der Waals surface area (Å²) in [5.74, 6) is 0.359. The Balaban J connectivity index is 2.60. The highest BCUT2D eigenvalue weighted by Gasteiger charge is 2.23. The number of hydrogen-bond donors (Lipinski definition) is 2. The van der Waals surface area contributed by atoms with Crippen LogP contribution in [0.15, 0.2) is 35.4 Å². The Labute approximate surface area is 147 Å². The van der Waals surface area contributed by atoms with E-state index in [9.17, 15) is 9.59 Å². The number of amides is 2. The molecule has 6 nitrogen and oxygen atoms in total. The van der Waals surface area contributed by atoms with Gasteiger partial charge in [0.2, 0.25) is 0 Å². The summed E-state index contributed by atoms with van der Waals surface area (Å²) in [6.07, 6.45) is 3.37. The van der Waals surface area contributed by atoms with Crippen LogP contribution in [-0.4, -0.2) is 41.9 Å². The number of hydrogen-bond acceptors (Lipinski definition) is 5. The van der Waals surface area contributed by atoms with Gasteiger partial charge in [0.15, 0.2) is 0 Å². The van der Waals surface area contributed by atoms with Gasteiger partial charge < -0.3 is 10.1 Å². The molecule has 0 bridgehead atoms. The van der Waals surface area contributed by atoms with E-state index in [1.54, 1.807) is 38.7 Å². The summed E-state index contributed by atoms with van der Waals surface area (Å²) in [5, 5.41) is 6.53. The predicted octanol–water partition coefficient (Wildman–Crippen LogP) is 2.78. The van der Waals surface area contributed by atoms with E-state index in [1.165, 1.54) is 0 Å². The van der Waals surface area contributed by atoms with Gasteiger partial charge in [0.25, 0.3) is 5.91 Å². The normalized spacial score (nSPS) is 12.7. The minimum Gasteiger partial charge on any atom is -0.444 e. The molecule has 2 N–H and O–H groups in total. The number of ether oxygens (including phenoxy) is 1. The van der Waals surface area contributed by atoms with Gasteiger partial charge >= 0.3 is 6.09 Å². The molecule has 1 unspecified atom stereocenters. The van der Waals surface area contributed by atoms with Gasteiger partial charge in [-0.25, -0.2) is 10.2 Å².